The van der Waals surface area contributed by atoms with E-state index in [4.69, 9.17) is 10.5 Å². The number of nitrogens with two attached hydrogens (primary N) is 1. The predicted molar refractivity (Wildman–Crippen MR) is 118 cm³/mol. The molecule has 3 N–H and O–H groups in total. The van der Waals surface area contributed by atoms with Crippen molar-refractivity contribution in [3.63, 3.8) is 0 Å². The molecule has 8 heteroatoms. The minimum Gasteiger partial charge on any atom is -0.379 e. The summed E-state index contributed by atoms with van der Waals surface area (Å²) < 4.78 is 5.56. The van der Waals surface area contributed by atoms with Gasteiger partial charge in [-0.2, -0.15) is 0 Å². The molecule has 1 aliphatic heterocycles. The van der Waals surface area contributed by atoms with Gasteiger partial charge >= 0.3 is 0 Å². The second kappa shape index (κ2) is 11.1. The first-order valence-electron chi connectivity index (χ1n) is 11.0. The van der Waals surface area contributed by atoms with Crippen molar-refractivity contribution in [2.45, 2.75) is 84.0 Å². The number of carbonyl (C=O) groups excluding carboxylic acids is 3. The Morgan fingerprint density at radius 2 is 1.87 bits per heavy atom. The molecule has 1 saturated heterocycles. The Kier molecular flexibility index (Phi) is 9.75. The van der Waals surface area contributed by atoms with E-state index >= 15 is 0 Å². The number of likely N-dealkylation sites (N-methyl/N-ethyl adjacent to an activating group) is 2. The highest BCUT2D eigenvalue weighted by atomic mass is 16.5. The van der Waals surface area contributed by atoms with Gasteiger partial charge in [0.15, 0.2) is 0 Å². The smallest absolute Gasteiger partial charge is 0.245 e. The van der Waals surface area contributed by atoms with Gasteiger partial charge in [-0.05, 0) is 45.2 Å². The van der Waals surface area contributed by atoms with Crippen LogP contribution in [0.25, 0.3) is 0 Å². The summed E-state index contributed by atoms with van der Waals surface area (Å²) in [5, 5.41) is 3.02. The van der Waals surface area contributed by atoms with E-state index in [0.717, 1.165) is 25.8 Å². The van der Waals surface area contributed by atoms with Gasteiger partial charge in [0.2, 0.25) is 17.7 Å². The Morgan fingerprint density at radius 1 is 1.27 bits per heavy atom. The summed E-state index contributed by atoms with van der Waals surface area (Å²) in [4.78, 5) is 41.9. The van der Waals surface area contributed by atoms with Crippen molar-refractivity contribution < 1.29 is 19.1 Å². The van der Waals surface area contributed by atoms with Crippen LogP contribution in [-0.2, 0) is 19.1 Å². The van der Waals surface area contributed by atoms with E-state index in [1.54, 1.807) is 11.9 Å². The molecule has 5 atom stereocenters. The quantitative estimate of drug-likeness (QED) is 0.519. The molecule has 1 rings (SSSR count). The minimum atomic E-state index is -0.661. The molecule has 0 radical (unpaired) electrons. The van der Waals surface area contributed by atoms with E-state index < -0.39 is 23.6 Å². The fraction of sp³-hybridized carbons (Fsp3) is 0.864. The largest absolute Gasteiger partial charge is 0.379 e. The van der Waals surface area contributed by atoms with E-state index in [1.807, 2.05) is 46.6 Å². The number of primary amides is 1. The average Bonchev–Trinajstić information content (AvgIpc) is 3.03. The normalized spacial score (nSPS) is 23.6. The summed E-state index contributed by atoms with van der Waals surface area (Å²) in [6.07, 6.45) is 2.06. The fourth-order valence-electron chi connectivity index (χ4n) is 4.34. The molecule has 1 heterocycles. The fourth-order valence-corrected chi connectivity index (χ4v) is 4.34. The van der Waals surface area contributed by atoms with Crippen molar-refractivity contribution in [1.82, 2.24) is 15.1 Å². The number of amides is 3. The lowest BCUT2D eigenvalue weighted by atomic mass is 9.89. The van der Waals surface area contributed by atoms with Crippen LogP contribution in [0.3, 0.4) is 0 Å². The SMILES string of the molecule is CC[C@H](C)[C@@H]([C@@H](CC(N)=O)OC)N(C)C(=O)[C@@H](NC(=O)[C@@]1(C)CCCN1C)C(C)C. The summed E-state index contributed by atoms with van der Waals surface area (Å²) >= 11 is 0. The number of rotatable bonds is 11. The van der Waals surface area contributed by atoms with Crippen LogP contribution < -0.4 is 11.1 Å². The number of hydrogen-bond acceptors (Lipinski definition) is 5. The highest BCUT2D eigenvalue weighted by Gasteiger charge is 2.44. The summed E-state index contributed by atoms with van der Waals surface area (Å²) in [7, 11) is 5.19. The topological polar surface area (TPSA) is 105 Å². The van der Waals surface area contributed by atoms with Crippen LogP contribution >= 0.6 is 0 Å². The third kappa shape index (κ3) is 5.94. The number of nitrogens with one attached hydrogen (secondary N) is 1. The molecule has 1 aliphatic rings. The molecule has 0 aromatic carbocycles. The first-order chi connectivity index (χ1) is 13.9. The van der Waals surface area contributed by atoms with Crippen molar-refractivity contribution in [2.75, 3.05) is 27.7 Å². The van der Waals surface area contributed by atoms with E-state index in [9.17, 15) is 14.4 Å². The lowest BCUT2D eigenvalue weighted by Crippen LogP contribution is -2.61. The molecule has 0 saturated carbocycles. The molecule has 0 unspecified atom stereocenters. The van der Waals surface area contributed by atoms with Crippen molar-refractivity contribution in [2.24, 2.45) is 17.6 Å². The van der Waals surface area contributed by atoms with Gasteiger partial charge in [-0.25, -0.2) is 0 Å². The average molecular weight is 427 g/mol. The van der Waals surface area contributed by atoms with E-state index in [-0.39, 0.29) is 36.1 Å². The minimum absolute atomic E-state index is 0.0324. The third-order valence-electron chi connectivity index (χ3n) is 6.82. The summed E-state index contributed by atoms with van der Waals surface area (Å²) in [5.41, 5.74) is 4.80. The molecule has 30 heavy (non-hydrogen) atoms. The first-order valence-corrected chi connectivity index (χ1v) is 11.0. The van der Waals surface area contributed by atoms with Crippen LogP contribution in [-0.4, -0.2) is 79.0 Å². The molecule has 8 nitrogen and oxygen atoms in total. The lowest BCUT2D eigenvalue weighted by Gasteiger charge is -2.40. The van der Waals surface area contributed by atoms with Gasteiger partial charge < -0.3 is 20.7 Å². The molecule has 0 bridgehead atoms. The number of ether oxygens (including phenoxy) is 1. The van der Waals surface area contributed by atoms with Crippen LogP contribution in [0.2, 0.25) is 0 Å². The number of likely N-dealkylation sites (tertiary alicyclic amines) is 1. The third-order valence-corrected chi connectivity index (χ3v) is 6.82. The molecule has 0 spiro atoms. The van der Waals surface area contributed by atoms with Crippen LogP contribution in [0, 0.1) is 11.8 Å². The van der Waals surface area contributed by atoms with Crippen molar-refractivity contribution in [3.8, 4) is 0 Å². The zero-order valence-electron chi connectivity index (χ0n) is 20.0. The van der Waals surface area contributed by atoms with Gasteiger partial charge in [0.05, 0.1) is 24.1 Å². The van der Waals surface area contributed by atoms with Gasteiger partial charge in [0.25, 0.3) is 0 Å². The van der Waals surface area contributed by atoms with Gasteiger partial charge in [-0.1, -0.05) is 34.1 Å². The standard InChI is InChI=1S/C22H42N4O4/c1-9-15(4)19(16(30-8)13-17(23)27)26(7)20(28)18(14(2)3)24-21(29)22(5)11-10-12-25(22)6/h14-16,18-19H,9-13H2,1-8H3,(H2,23,27)(H,24,29)/t15-,16+,18-,19-,22+/m0/s1. The van der Waals surface area contributed by atoms with Crippen LogP contribution in [0.5, 0.6) is 0 Å². The molecule has 1 fully saturated rings. The Labute approximate surface area is 181 Å². The van der Waals surface area contributed by atoms with Gasteiger partial charge in [0.1, 0.15) is 6.04 Å². The van der Waals surface area contributed by atoms with Crippen LogP contribution in [0.15, 0.2) is 0 Å². The molecule has 0 aromatic heterocycles. The molecule has 3 amide bonds. The second-order valence-corrected chi connectivity index (χ2v) is 9.26. The summed E-state index contributed by atoms with van der Waals surface area (Å²) in [6, 6.07) is -0.992. The highest BCUT2D eigenvalue weighted by Crippen LogP contribution is 2.28. The summed E-state index contributed by atoms with van der Waals surface area (Å²) in [5.74, 6) is -0.774. The molecular weight excluding hydrogens is 384 g/mol. The van der Waals surface area contributed by atoms with E-state index in [1.165, 1.54) is 7.11 Å². The Bertz CT molecular complexity index is 612. The highest BCUT2D eigenvalue weighted by molar-refractivity contribution is 5.92. The van der Waals surface area contributed by atoms with E-state index in [0.29, 0.717) is 0 Å². The lowest BCUT2D eigenvalue weighted by molar-refractivity contribution is -0.145. The molecular formula is C22H42N4O4. The van der Waals surface area contributed by atoms with Gasteiger partial charge in [0, 0.05) is 14.2 Å². The number of carbonyl (C=O) groups is 3. The Balaban J connectivity index is 3.11. The summed E-state index contributed by atoms with van der Waals surface area (Å²) in [6.45, 7) is 10.7. The Morgan fingerprint density at radius 3 is 2.27 bits per heavy atom. The zero-order chi connectivity index (χ0) is 23.2. The predicted octanol–water partition coefficient (Wildman–Crippen LogP) is 1.38. The van der Waals surface area contributed by atoms with E-state index in [2.05, 4.69) is 5.32 Å². The molecule has 174 valence electrons. The van der Waals surface area contributed by atoms with Crippen LogP contribution in [0.1, 0.15) is 60.3 Å². The first kappa shape index (κ1) is 26.4. The number of methoxy groups -OCH3 is 1. The van der Waals surface area contributed by atoms with Crippen molar-refractivity contribution in [1.29, 1.82) is 0 Å². The molecule has 0 aromatic rings. The van der Waals surface area contributed by atoms with Crippen molar-refractivity contribution in [3.05, 3.63) is 0 Å². The number of nitrogens with zero attached hydrogens (tertiary/aromatic N) is 2. The monoisotopic (exact) mass is 426 g/mol. The Hall–Kier alpha value is -1.67. The maximum atomic E-state index is 13.5. The van der Waals surface area contributed by atoms with Crippen molar-refractivity contribution >= 4 is 17.7 Å². The zero-order valence-corrected chi connectivity index (χ0v) is 20.0. The van der Waals surface area contributed by atoms with Gasteiger partial charge in [-0.3, -0.25) is 19.3 Å². The number of hydrogen-bond donors (Lipinski definition) is 2. The van der Waals surface area contributed by atoms with Crippen LogP contribution in [0.4, 0.5) is 0 Å². The van der Waals surface area contributed by atoms with Gasteiger partial charge in [-0.15, -0.1) is 0 Å². The second-order valence-electron chi connectivity index (χ2n) is 9.26. The maximum Gasteiger partial charge on any atom is 0.245 e. The molecule has 0 aliphatic carbocycles. The maximum absolute atomic E-state index is 13.5.